The van der Waals surface area contributed by atoms with Crippen LogP contribution in [0.1, 0.15) is 90.7 Å². The van der Waals surface area contributed by atoms with E-state index in [1.54, 1.807) is 0 Å². The fourth-order valence-electron chi connectivity index (χ4n) is 7.22. The van der Waals surface area contributed by atoms with Crippen LogP contribution in [0.2, 0.25) is 0 Å². The van der Waals surface area contributed by atoms with Gasteiger partial charge in [0.05, 0.1) is 17.9 Å². The highest BCUT2D eigenvalue weighted by Crippen LogP contribution is 2.46. The fourth-order valence-corrected chi connectivity index (χ4v) is 7.22. The minimum absolute atomic E-state index is 0.199. The lowest BCUT2D eigenvalue weighted by atomic mass is 9.63. The van der Waals surface area contributed by atoms with E-state index in [0.29, 0.717) is 11.8 Å². The number of hydrogen-bond donors (Lipinski definition) is 2. The molecule has 1 saturated heterocycles. The predicted molar refractivity (Wildman–Crippen MR) is 148 cm³/mol. The van der Waals surface area contributed by atoms with E-state index in [-0.39, 0.29) is 16.7 Å². The Morgan fingerprint density at radius 3 is 2.28 bits per heavy atom. The lowest BCUT2D eigenvalue weighted by Crippen LogP contribution is -2.36. The van der Waals surface area contributed by atoms with E-state index < -0.39 is 12.2 Å². The summed E-state index contributed by atoms with van der Waals surface area (Å²) < 4.78 is 0. The Kier molecular flexibility index (Phi) is 6.97. The molecule has 2 heterocycles. The molecule has 4 heteroatoms. The fraction of sp³-hybridized carbons (Fsp3) is 0.656. The predicted octanol–water partition coefficient (Wildman–Crippen LogP) is 6.47. The van der Waals surface area contributed by atoms with Crippen LogP contribution in [0.4, 0.5) is 5.82 Å². The first kappa shape index (κ1) is 25.7. The minimum atomic E-state index is -0.535. The van der Waals surface area contributed by atoms with Crippen molar-refractivity contribution >= 4 is 5.82 Å². The molecule has 1 aromatic carbocycles. The van der Waals surface area contributed by atoms with Crippen molar-refractivity contribution in [2.45, 2.75) is 103 Å². The van der Waals surface area contributed by atoms with Gasteiger partial charge in [-0.1, -0.05) is 52.8 Å². The molecule has 2 fully saturated rings. The van der Waals surface area contributed by atoms with Gasteiger partial charge in [0, 0.05) is 18.7 Å². The third-order valence-electron chi connectivity index (χ3n) is 9.89. The number of aliphatic hydroxyl groups excluding tert-OH is 2. The molecule has 2 aromatic rings. The summed E-state index contributed by atoms with van der Waals surface area (Å²) in [7, 11) is 0. The van der Waals surface area contributed by atoms with E-state index in [1.807, 2.05) is 0 Å². The molecular weight excluding hydrogens is 444 g/mol. The van der Waals surface area contributed by atoms with Crippen LogP contribution in [0.15, 0.2) is 36.4 Å². The highest BCUT2D eigenvalue weighted by Gasteiger charge is 2.38. The number of piperidine rings is 1. The van der Waals surface area contributed by atoms with Crippen molar-refractivity contribution in [3.63, 3.8) is 0 Å². The standard InChI is InChI=1S/C32H46N2O2/c1-21(24-10-12-28(35)30(24)36)19-22-13-17-34(18-14-22)29-8-6-7-27(33-29)23-9-11-25-26(20-23)32(4,5)16-15-31(25,2)3/h6-9,11,20-22,24,28,30,35-36H,10,12-19H2,1-5H3/t21-,24+,28?,30-/m1/s1. The van der Waals surface area contributed by atoms with Gasteiger partial charge >= 0.3 is 0 Å². The smallest absolute Gasteiger partial charge is 0.129 e. The van der Waals surface area contributed by atoms with Crippen LogP contribution in [0.3, 0.4) is 0 Å². The van der Waals surface area contributed by atoms with Crippen LogP contribution in [0.5, 0.6) is 0 Å². The Morgan fingerprint density at radius 1 is 0.917 bits per heavy atom. The third kappa shape index (κ3) is 4.96. The number of rotatable bonds is 5. The van der Waals surface area contributed by atoms with Crippen LogP contribution < -0.4 is 4.90 Å². The first-order valence-electron chi connectivity index (χ1n) is 14.3. The van der Waals surface area contributed by atoms with Crippen molar-refractivity contribution in [1.29, 1.82) is 0 Å². The van der Waals surface area contributed by atoms with Crippen molar-refractivity contribution in [2.75, 3.05) is 18.0 Å². The first-order chi connectivity index (χ1) is 17.0. The summed E-state index contributed by atoms with van der Waals surface area (Å²) in [6, 6.07) is 13.5. The second-order valence-corrected chi connectivity index (χ2v) is 13.4. The number of benzene rings is 1. The molecular formula is C32H46N2O2. The van der Waals surface area contributed by atoms with E-state index in [1.165, 1.54) is 42.4 Å². The molecule has 2 aliphatic carbocycles. The van der Waals surface area contributed by atoms with E-state index >= 15 is 0 Å². The maximum atomic E-state index is 10.3. The van der Waals surface area contributed by atoms with Gasteiger partial charge in [0.1, 0.15) is 5.82 Å². The third-order valence-corrected chi connectivity index (χ3v) is 9.89. The molecule has 0 radical (unpaired) electrons. The topological polar surface area (TPSA) is 56.6 Å². The molecule has 2 N–H and O–H groups in total. The number of anilines is 1. The molecule has 196 valence electrons. The van der Waals surface area contributed by atoms with Gasteiger partial charge in [-0.2, -0.15) is 0 Å². The zero-order valence-electron chi connectivity index (χ0n) is 23.0. The van der Waals surface area contributed by atoms with Crippen molar-refractivity contribution < 1.29 is 10.2 Å². The number of aliphatic hydroxyl groups is 2. The summed E-state index contributed by atoms with van der Waals surface area (Å²) in [5.41, 5.74) is 5.70. The summed E-state index contributed by atoms with van der Waals surface area (Å²) >= 11 is 0. The molecule has 5 rings (SSSR count). The van der Waals surface area contributed by atoms with Crippen LogP contribution in [-0.2, 0) is 10.8 Å². The molecule has 0 bridgehead atoms. The summed E-state index contributed by atoms with van der Waals surface area (Å²) in [4.78, 5) is 7.58. The van der Waals surface area contributed by atoms with Crippen molar-refractivity contribution in [3.8, 4) is 11.3 Å². The first-order valence-corrected chi connectivity index (χ1v) is 14.3. The quantitative estimate of drug-likeness (QED) is 0.504. The average molecular weight is 491 g/mol. The molecule has 4 nitrogen and oxygen atoms in total. The molecule has 4 atom stereocenters. The lowest BCUT2D eigenvalue weighted by molar-refractivity contribution is 0.00483. The second-order valence-electron chi connectivity index (χ2n) is 13.4. The zero-order valence-corrected chi connectivity index (χ0v) is 23.0. The average Bonchev–Trinajstić information content (AvgIpc) is 3.20. The van der Waals surface area contributed by atoms with Gasteiger partial charge < -0.3 is 15.1 Å². The summed E-state index contributed by atoms with van der Waals surface area (Å²) in [5.74, 6) is 2.50. The highest BCUT2D eigenvalue weighted by atomic mass is 16.3. The van der Waals surface area contributed by atoms with Crippen LogP contribution in [-0.4, -0.2) is 40.5 Å². The number of fused-ring (bicyclic) bond motifs is 1. The number of pyridine rings is 1. The molecule has 1 aromatic heterocycles. The number of nitrogens with zero attached hydrogens (tertiary/aromatic N) is 2. The van der Waals surface area contributed by atoms with Gasteiger partial charge in [0.25, 0.3) is 0 Å². The van der Waals surface area contributed by atoms with Gasteiger partial charge in [0.15, 0.2) is 0 Å². The minimum Gasteiger partial charge on any atom is -0.390 e. The lowest BCUT2D eigenvalue weighted by Gasteiger charge is -2.42. The molecule has 0 spiro atoms. The summed E-state index contributed by atoms with van der Waals surface area (Å²) in [6.45, 7) is 13.9. The summed E-state index contributed by atoms with van der Waals surface area (Å²) in [6.07, 6.45) is 6.59. The molecule has 36 heavy (non-hydrogen) atoms. The Bertz CT molecular complexity index is 1070. The van der Waals surface area contributed by atoms with E-state index in [2.05, 4.69) is 75.9 Å². The Labute approximate surface area is 218 Å². The van der Waals surface area contributed by atoms with Gasteiger partial charge in [-0.25, -0.2) is 4.98 Å². The van der Waals surface area contributed by atoms with Crippen LogP contribution in [0.25, 0.3) is 11.3 Å². The molecule has 3 aliphatic rings. The van der Waals surface area contributed by atoms with Gasteiger partial charge in [-0.3, -0.25) is 0 Å². The largest absolute Gasteiger partial charge is 0.390 e. The van der Waals surface area contributed by atoms with Crippen molar-refractivity contribution in [3.05, 3.63) is 47.5 Å². The normalized spacial score (nSPS) is 28.6. The van der Waals surface area contributed by atoms with E-state index in [0.717, 1.165) is 43.9 Å². The SMILES string of the molecule is C[C@H](CC1CCN(c2cccc(-c3ccc4c(c3)C(C)(C)CCC4(C)C)n2)CC1)[C@@H]1CCC(O)[C@@H]1O. The number of hydrogen-bond acceptors (Lipinski definition) is 4. The van der Waals surface area contributed by atoms with Crippen LogP contribution >= 0.6 is 0 Å². The van der Waals surface area contributed by atoms with Crippen molar-refractivity contribution in [1.82, 2.24) is 4.98 Å². The molecule has 1 unspecified atom stereocenters. The second kappa shape index (κ2) is 9.76. The monoisotopic (exact) mass is 490 g/mol. The Morgan fingerprint density at radius 2 is 1.61 bits per heavy atom. The van der Waals surface area contributed by atoms with Gasteiger partial charge in [-0.15, -0.1) is 0 Å². The van der Waals surface area contributed by atoms with Crippen LogP contribution in [0, 0.1) is 17.8 Å². The van der Waals surface area contributed by atoms with E-state index in [4.69, 9.17) is 4.98 Å². The number of aromatic nitrogens is 1. The van der Waals surface area contributed by atoms with Gasteiger partial charge in [0.2, 0.25) is 0 Å². The van der Waals surface area contributed by atoms with E-state index in [9.17, 15) is 10.2 Å². The Balaban J connectivity index is 1.26. The molecule has 1 saturated carbocycles. The van der Waals surface area contributed by atoms with Gasteiger partial charge in [-0.05, 0) is 103 Å². The van der Waals surface area contributed by atoms with Crippen molar-refractivity contribution in [2.24, 2.45) is 17.8 Å². The Hall–Kier alpha value is -1.91. The maximum Gasteiger partial charge on any atom is 0.129 e. The summed E-state index contributed by atoms with van der Waals surface area (Å²) in [5, 5.41) is 20.3. The zero-order chi connectivity index (χ0) is 25.7. The maximum absolute atomic E-state index is 10.3. The molecule has 1 aliphatic heterocycles. The highest BCUT2D eigenvalue weighted by molar-refractivity contribution is 5.65. The molecule has 0 amide bonds.